The van der Waals surface area contributed by atoms with Crippen molar-refractivity contribution in [1.82, 2.24) is 20.1 Å². The van der Waals surface area contributed by atoms with Gasteiger partial charge in [0, 0.05) is 17.4 Å². The molecule has 0 saturated carbocycles. The lowest BCUT2D eigenvalue weighted by Gasteiger charge is -2.36. The van der Waals surface area contributed by atoms with Crippen molar-refractivity contribution < 1.29 is 14.4 Å². The van der Waals surface area contributed by atoms with Crippen molar-refractivity contribution in [2.75, 3.05) is 6.54 Å². The Kier molecular flexibility index (Phi) is 5.62. The molecule has 1 fully saturated rings. The molecule has 37 heavy (non-hydrogen) atoms. The second kappa shape index (κ2) is 8.75. The van der Waals surface area contributed by atoms with Crippen LogP contribution in [0.2, 0.25) is 0 Å². The highest BCUT2D eigenvalue weighted by molar-refractivity contribution is 6.11. The minimum Gasteiger partial charge on any atom is -0.356 e. The number of nitrogens with one attached hydrogen (secondary N) is 2. The SMILES string of the molecule is CC(C)C[C@@H](C(=O)N[C@@H]1CCCc2ccccc21)N1C(=O)N2CCc3c([nH]c4ccccc34)[C@@]2(C)C1=O. The number of imide groups is 1. The van der Waals surface area contributed by atoms with Crippen LogP contribution >= 0.6 is 0 Å². The van der Waals surface area contributed by atoms with Crippen molar-refractivity contribution in [3.63, 3.8) is 0 Å². The van der Waals surface area contributed by atoms with Crippen LogP contribution in [0, 0.1) is 5.92 Å². The molecule has 6 rings (SSSR count). The van der Waals surface area contributed by atoms with Crippen molar-refractivity contribution >= 4 is 28.7 Å². The lowest BCUT2D eigenvalue weighted by atomic mass is 9.86. The van der Waals surface area contributed by atoms with Gasteiger partial charge in [-0.3, -0.25) is 9.59 Å². The maximum atomic E-state index is 14.2. The zero-order valence-corrected chi connectivity index (χ0v) is 21.7. The van der Waals surface area contributed by atoms with Crippen molar-refractivity contribution in [3.8, 4) is 0 Å². The van der Waals surface area contributed by atoms with Gasteiger partial charge in [-0.05, 0) is 67.7 Å². The van der Waals surface area contributed by atoms with Gasteiger partial charge in [0.25, 0.3) is 5.91 Å². The molecule has 1 aromatic heterocycles. The first kappa shape index (κ1) is 23.8. The van der Waals surface area contributed by atoms with Crippen molar-refractivity contribution in [2.24, 2.45) is 5.92 Å². The molecule has 2 N–H and O–H groups in total. The van der Waals surface area contributed by atoms with Gasteiger partial charge >= 0.3 is 6.03 Å². The van der Waals surface area contributed by atoms with Crippen LogP contribution in [0.25, 0.3) is 10.9 Å². The Hall–Kier alpha value is -3.61. The molecule has 3 atom stereocenters. The molecule has 2 aromatic carbocycles. The number of fused-ring (bicyclic) bond motifs is 6. The fourth-order valence-electron chi connectivity index (χ4n) is 6.64. The molecule has 7 heteroatoms. The third-order valence-electron chi connectivity index (χ3n) is 8.49. The molecule has 3 heterocycles. The summed E-state index contributed by atoms with van der Waals surface area (Å²) in [5.74, 6) is -0.448. The maximum Gasteiger partial charge on any atom is 0.328 e. The first-order chi connectivity index (χ1) is 17.8. The van der Waals surface area contributed by atoms with Crippen LogP contribution in [0.4, 0.5) is 4.79 Å². The second-order valence-electron chi connectivity index (χ2n) is 11.3. The van der Waals surface area contributed by atoms with E-state index in [9.17, 15) is 14.4 Å². The van der Waals surface area contributed by atoms with E-state index in [-0.39, 0.29) is 29.8 Å². The van der Waals surface area contributed by atoms with Gasteiger partial charge in [-0.2, -0.15) is 0 Å². The third-order valence-corrected chi connectivity index (χ3v) is 8.49. The molecule has 1 aliphatic carbocycles. The Balaban J connectivity index is 1.35. The predicted octanol–water partition coefficient (Wildman–Crippen LogP) is 4.81. The number of aryl methyl sites for hydroxylation is 1. The van der Waals surface area contributed by atoms with E-state index in [1.54, 1.807) is 4.90 Å². The van der Waals surface area contributed by atoms with E-state index in [4.69, 9.17) is 0 Å². The van der Waals surface area contributed by atoms with Gasteiger partial charge in [-0.1, -0.05) is 56.3 Å². The lowest BCUT2D eigenvalue weighted by molar-refractivity contribution is -0.140. The summed E-state index contributed by atoms with van der Waals surface area (Å²) in [6, 6.07) is 14.9. The minimum atomic E-state index is -1.16. The first-order valence-electron chi connectivity index (χ1n) is 13.4. The molecule has 0 bridgehead atoms. The monoisotopic (exact) mass is 498 g/mol. The summed E-state index contributed by atoms with van der Waals surface area (Å²) in [5, 5.41) is 4.31. The number of amides is 4. The highest BCUT2D eigenvalue weighted by Gasteiger charge is 2.60. The number of aromatic amines is 1. The van der Waals surface area contributed by atoms with Crippen LogP contribution in [0.3, 0.4) is 0 Å². The van der Waals surface area contributed by atoms with Gasteiger partial charge in [-0.25, -0.2) is 9.69 Å². The molecule has 0 radical (unpaired) electrons. The fraction of sp³-hybridized carbons (Fsp3) is 0.433. The molecule has 0 spiro atoms. The Morgan fingerprint density at radius 2 is 1.86 bits per heavy atom. The summed E-state index contributed by atoms with van der Waals surface area (Å²) in [4.78, 5) is 48.2. The number of hydrogen-bond donors (Lipinski definition) is 2. The number of nitrogens with zero attached hydrogens (tertiary/aromatic N) is 2. The smallest absolute Gasteiger partial charge is 0.328 e. The minimum absolute atomic E-state index is 0.113. The van der Waals surface area contributed by atoms with Crippen LogP contribution in [0.15, 0.2) is 48.5 Å². The molecule has 2 aliphatic heterocycles. The largest absolute Gasteiger partial charge is 0.356 e. The standard InChI is InChI=1S/C30H34N4O3/c1-18(2)17-25(27(35)32-23-14-8-10-19-9-4-5-11-20(19)23)34-28(36)30(3)26-22(15-16-33(30)29(34)37)21-12-6-7-13-24(21)31-26/h4-7,9,11-13,18,23,25,31H,8,10,14-17H2,1-3H3,(H,32,35)/t23-,25+,30+/m1/s1. The van der Waals surface area contributed by atoms with Crippen LogP contribution in [0.5, 0.6) is 0 Å². The van der Waals surface area contributed by atoms with Crippen LogP contribution < -0.4 is 5.32 Å². The summed E-state index contributed by atoms with van der Waals surface area (Å²) in [6.45, 7) is 6.30. The summed E-state index contributed by atoms with van der Waals surface area (Å²) in [7, 11) is 0. The maximum absolute atomic E-state index is 14.2. The highest BCUT2D eigenvalue weighted by atomic mass is 16.2. The number of benzene rings is 2. The van der Waals surface area contributed by atoms with E-state index in [1.807, 2.05) is 51.1 Å². The number of aromatic nitrogens is 1. The molecule has 0 unspecified atom stereocenters. The quantitative estimate of drug-likeness (QED) is 0.495. The first-order valence-corrected chi connectivity index (χ1v) is 13.4. The van der Waals surface area contributed by atoms with E-state index < -0.39 is 11.6 Å². The van der Waals surface area contributed by atoms with Crippen LogP contribution in [0.1, 0.15) is 68.5 Å². The molecule has 192 valence electrons. The highest BCUT2D eigenvalue weighted by Crippen LogP contribution is 2.45. The third kappa shape index (κ3) is 3.58. The molecular formula is C30H34N4O3. The van der Waals surface area contributed by atoms with E-state index in [2.05, 4.69) is 28.5 Å². The predicted molar refractivity (Wildman–Crippen MR) is 142 cm³/mol. The van der Waals surface area contributed by atoms with Crippen LogP contribution in [-0.4, -0.2) is 45.2 Å². The number of H-pyrrole nitrogens is 1. The van der Waals surface area contributed by atoms with Gasteiger partial charge in [0.1, 0.15) is 6.04 Å². The van der Waals surface area contributed by atoms with Crippen LogP contribution in [-0.2, 0) is 28.0 Å². The van der Waals surface area contributed by atoms with Crippen molar-refractivity contribution in [2.45, 2.75) is 70.5 Å². The van der Waals surface area contributed by atoms with Gasteiger partial charge in [0.2, 0.25) is 5.91 Å². The topological polar surface area (TPSA) is 85.5 Å². The Bertz CT molecular complexity index is 1410. The van der Waals surface area contributed by atoms with Gasteiger partial charge < -0.3 is 15.2 Å². The molecule has 4 amide bonds. The van der Waals surface area contributed by atoms with E-state index in [1.165, 1.54) is 10.5 Å². The van der Waals surface area contributed by atoms with Crippen molar-refractivity contribution in [1.29, 1.82) is 0 Å². The fourth-order valence-corrected chi connectivity index (χ4v) is 6.64. The van der Waals surface area contributed by atoms with Gasteiger partial charge in [-0.15, -0.1) is 0 Å². The number of urea groups is 1. The summed E-state index contributed by atoms with van der Waals surface area (Å²) in [5.41, 5.74) is 4.05. The second-order valence-corrected chi connectivity index (χ2v) is 11.3. The Labute approximate surface area is 217 Å². The summed E-state index contributed by atoms with van der Waals surface area (Å²) >= 11 is 0. The molecule has 7 nitrogen and oxygen atoms in total. The molecule has 1 saturated heterocycles. The number of para-hydroxylation sites is 1. The number of carbonyl (C=O) groups excluding carboxylic acids is 3. The van der Waals surface area contributed by atoms with Gasteiger partial charge in [0.05, 0.1) is 11.7 Å². The molecule has 3 aliphatic rings. The zero-order valence-electron chi connectivity index (χ0n) is 21.7. The number of hydrogen-bond acceptors (Lipinski definition) is 3. The van der Waals surface area contributed by atoms with E-state index in [0.29, 0.717) is 19.4 Å². The van der Waals surface area contributed by atoms with Gasteiger partial charge in [0.15, 0.2) is 5.54 Å². The lowest BCUT2D eigenvalue weighted by Crippen LogP contribution is -2.52. The Morgan fingerprint density at radius 3 is 2.68 bits per heavy atom. The number of carbonyl (C=O) groups is 3. The number of rotatable bonds is 5. The average molecular weight is 499 g/mol. The summed E-state index contributed by atoms with van der Waals surface area (Å²) in [6.07, 6.45) is 3.93. The molecular weight excluding hydrogens is 464 g/mol. The summed E-state index contributed by atoms with van der Waals surface area (Å²) < 4.78 is 0. The van der Waals surface area contributed by atoms with E-state index in [0.717, 1.165) is 47.0 Å². The average Bonchev–Trinajstić information content (AvgIpc) is 3.36. The van der Waals surface area contributed by atoms with Crippen molar-refractivity contribution in [3.05, 3.63) is 70.9 Å². The van der Waals surface area contributed by atoms with E-state index >= 15 is 0 Å². The molecule has 3 aromatic rings. The zero-order chi connectivity index (χ0) is 25.9. The normalized spacial score (nSPS) is 23.7. The Morgan fingerprint density at radius 1 is 1.11 bits per heavy atom.